The molecule has 6 nitrogen and oxygen atoms in total. The van der Waals surface area contributed by atoms with E-state index in [1.54, 1.807) is 11.8 Å². The van der Waals surface area contributed by atoms with Crippen molar-refractivity contribution in [2.75, 3.05) is 18.1 Å². The lowest BCUT2D eigenvalue weighted by Crippen LogP contribution is -2.33. The summed E-state index contributed by atoms with van der Waals surface area (Å²) in [5.41, 5.74) is -0.129. The summed E-state index contributed by atoms with van der Waals surface area (Å²) in [4.78, 5) is 23.8. The first-order valence-corrected chi connectivity index (χ1v) is 7.29. The number of rotatable bonds is 6. The number of hydrogen-bond acceptors (Lipinski definition) is 5. The van der Waals surface area contributed by atoms with Gasteiger partial charge in [-0.1, -0.05) is 0 Å². The number of esters is 1. The minimum Gasteiger partial charge on any atom is -0.465 e. The zero-order valence-corrected chi connectivity index (χ0v) is 12.9. The molecule has 0 atom stereocenters. The fourth-order valence-electron chi connectivity index (χ4n) is 2.05. The molecule has 0 heterocycles. The van der Waals surface area contributed by atoms with Crippen LogP contribution >= 0.6 is 15.9 Å². The summed E-state index contributed by atoms with van der Waals surface area (Å²) in [6, 6.07) is 2.21. The summed E-state index contributed by atoms with van der Waals surface area (Å²) in [5, 5.41) is 11.2. The highest BCUT2D eigenvalue weighted by Gasteiger charge is 2.35. The Balaban J connectivity index is 2.37. The van der Waals surface area contributed by atoms with E-state index in [0.29, 0.717) is 0 Å². The highest BCUT2D eigenvalue weighted by atomic mass is 79.9. The van der Waals surface area contributed by atoms with Gasteiger partial charge < -0.3 is 9.64 Å². The number of carbonyl (C=O) groups excluding carboxylic acids is 1. The molecule has 0 saturated heterocycles. The van der Waals surface area contributed by atoms with E-state index in [9.17, 15) is 19.3 Å². The van der Waals surface area contributed by atoms with Crippen LogP contribution in [-0.4, -0.2) is 30.1 Å². The van der Waals surface area contributed by atoms with Crippen molar-refractivity contribution in [3.8, 4) is 0 Å². The van der Waals surface area contributed by atoms with Crippen LogP contribution in [0, 0.1) is 15.9 Å². The third-order valence-electron chi connectivity index (χ3n) is 3.12. The Bertz CT molecular complexity index is 578. The lowest BCUT2D eigenvalue weighted by atomic mass is 10.2. The smallest absolute Gasteiger partial charge is 0.325 e. The Kier molecular flexibility index (Phi) is 4.76. The molecule has 1 aromatic rings. The summed E-state index contributed by atoms with van der Waals surface area (Å²) >= 11 is 2.94. The van der Waals surface area contributed by atoms with E-state index >= 15 is 0 Å². The fraction of sp³-hybridized carbons (Fsp3) is 0.462. The maximum atomic E-state index is 13.7. The van der Waals surface area contributed by atoms with Gasteiger partial charge >= 0.3 is 5.97 Å². The summed E-state index contributed by atoms with van der Waals surface area (Å²) in [6.07, 6.45) is 1.63. The van der Waals surface area contributed by atoms with Crippen LogP contribution in [0.4, 0.5) is 15.8 Å². The summed E-state index contributed by atoms with van der Waals surface area (Å²) in [7, 11) is 0. The average molecular weight is 361 g/mol. The predicted octanol–water partition coefficient (Wildman–Crippen LogP) is 3.03. The highest BCUT2D eigenvalue weighted by molar-refractivity contribution is 9.10. The topological polar surface area (TPSA) is 72.7 Å². The van der Waals surface area contributed by atoms with Crippen molar-refractivity contribution in [1.82, 2.24) is 0 Å². The molecule has 0 N–H and O–H groups in total. The van der Waals surface area contributed by atoms with Crippen LogP contribution in [0.5, 0.6) is 0 Å². The second-order valence-electron chi connectivity index (χ2n) is 4.68. The molecule has 8 heteroatoms. The van der Waals surface area contributed by atoms with Gasteiger partial charge in [-0.15, -0.1) is 0 Å². The number of halogens is 2. The molecule has 0 amide bonds. The van der Waals surface area contributed by atoms with Gasteiger partial charge in [-0.2, -0.15) is 0 Å². The molecule has 114 valence electrons. The van der Waals surface area contributed by atoms with E-state index in [1.165, 1.54) is 0 Å². The number of hydrogen-bond donors (Lipinski definition) is 0. The van der Waals surface area contributed by atoms with E-state index in [1.807, 2.05) is 0 Å². The van der Waals surface area contributed by atoms with E-state index < -0.39 is 16.7 Å². The Morgan fingerprint density at radius 2 is 2.24 bits per heavy atom. The van der Waals surface area contributed by atoms with Crippen LogP contribution in [0.15, 0.2) is 16.6 Å². The van der Waals surface area contributed by atoms with Crippen molar-refractivity contribution < 1.29 is 18.8 Å². The van der Waals surface area contributed by atoms with Gasteiger partial charge in [0.05, 0.1) is 16.0 Å². The molecular weight excluding hydrogens is 347 g/mol. The van der Waals surface area contributed by atoms with Crippen LogP contribution in [0.3, 0.4) is 0 Å². The first-order valence-electron chi connectivity index (χ1n) is 6.49. The Morgan fingerprint density at radius 1 is 1.57 bits per heavy atom. The zero-order valence-electron chi connectivity index (χ0n) is 11.3. The molecule has 1 aliphatic rings. The van der Waals surface area contributed by atoms with E-state index in [4.69, 9.17) is 4.74 Å². The third-order valence-corrected chi connectivity index (χ3v) is 3.72. The minimum atomic E-state index is -0.606. The lowest BCUT2D eigenvalue weighted by molar-refractivity contribution is -0.384. The molecule has 0 radical (unpaired) electrons. The van der Waals surface area contributed by atoms with Gasteiger partial charge in [0.15, 0.2) is 0 Å². The van der Waals surface area contributed by atoms with Gasteiger partial charge in [0.25, 0.3) is 5.69 Å². The Labute approximate surface area is 129 Å². The molecule has 1 aromatic carbocycles. The van der Waals surface area contributed by atoms with Crippen molar-refractivity contribution in [3.63, 3.8) is 0 Å². The van der Waals surface area contributed by atoms with Crippen LogP contribution in [0.1, 0.15) is 19.8 Å². The monoisotopic (exact) mass is 360 g/mol. The van der Waals surface area contributed by atoms with Crippen molar-refractivity contribution in [3.05, 3.63) is 32.5 Å². The SMILES string of the molecule is CCOC(=O)CN(c1cc(F)c(Br)cc1[N+](=O)[O-])C1CC1. The summed E-state index contributed by atoms with van der Waals surface area (Å²) in [5.74, 6) is -1.09. The van der Waals surface area contributed by atoms with Crippen LogP contribution in [-0.2, 0) is 9.53 Å². The van der Waals surface area contributed by atoms with Gasteiger partial charge in [-0.3, -0.25) is 14.9 Å². The molecule has 0 aromatic heterocycles. The number of carbonyl (C=O) groups is 1. The normalized spacial score (nSPS) is 13.9. The largest absolute Gasteiger partial charge is 0.465 e. The molecule has 1 fully saturated rings. The molecule has 1 saturated carbocycles. The predicted molar refractivity (Wildman–Crippen MR) is 77.8 cm³/mol. The van der Waals surface area contributed by atoms with Crippen molar-refractivity contribution >= 4 is 33.3 Å². The van der Waals surface area contributed by atoms with Crippen LogP contribution < -0.4 is 4.90 Å². The van der Waals surface area contributed by atoms with Crippen molar-refractivity contribution in [2.45, 2.75) is 25.8 Å². The number of nitro benzene ring substituents is 1. The van der Waals surface area contributed by atoms with Gasteiger partial charge in [-0.25, -0.2) is 4.39 Å². The van der Waals surface area contributed by atoms with Crippen molar-refractivity contribution in [1.29, 1.82) is 0 Å². The van der Waals surface area contributed by atoms with Gasteiger partial charge in [0.1, 0.15) is 18.0 Å². The van der Waals surface area contributed by atoms with E-state index in [-0.39, 0.29) is 35.0 Å². The number of ether oxygens (including phenoxy) is 1. The molecule has 0 bridgehead atoms. The van der Waals surface area contributed by atoms with Gasteiger partial charge in [0.2, 0.25) is 0 Å². The molecule has 2 rings (SSSR count). The standard InChI is InChI=1S/C13H14BrFN2O4/c1-2-21-13(18)7-16(8-3-4-8)11-6-10(15)9(14)5-12(11)17(19)20/h5-6,8H,2-4,7H2,1H3. The number of nitrogens with zero attached hydrogens (tertiary/aromatic N) is 2. The Hall–Kier alpha value is -1.70. The number of anilines is 1. The summed E-state index contributed by atoms with van der Waals surface area (Å²) < 4.78 is 18.6. The number of benzene rings is 1. The van der Waals surface area contributed by atoms with E-state index in [2.05, 4.69) is 15.9 Å². The van der Waals surface area contributed by atoms with Gasteiger partial charge in [-0.05, 0) is 35.7 Å². The molecule has 0 spiro atoms. The van der Waals surface area contributed by atoms with Gasteiger partial charge in [0, 0.05) is 18.2 Å². The first kappa shape index (κ1) is 15.7. The second-order valence-corrected chi connectivity index (χ2v) is 5.53. The molecule has 0 unspecified atom stereocenters. The van der Waals surface area contributed by atoms with Crippen LogP contribution in [0.2, 0.25) is 0 Å². The second kappa shape index (κ2) is 6.38. The maximum Gasteiger partial charge on any atom is 0.325 e. The molecule has 1 aliphatic carbocycles. The summed E-state index contributed by atoms with van der Waals surface area (Å²) in [6.45, 7) is 1.79. The molecular formula is C13H14BrFN2O4. The maximum absolute atomic E-state index is 13.7. The lowest BCUT2D eigenvalue weighted by Gasteiger charge is -2.23. The highest BCUT2D eigenvalue weighted by Crippen LogP contribution is 2.39. The average Bonchev–Trinajstić information content (AvgIpc) is 3.23. The minimum absolute atomic E-state index is 0.00804. The quantitative estimate of drug-likeness (QED) is 0.442. The molecule has 0 aliphatic heterocycles. The first-order chi connectivity index (χ1) is 9.93. The van der Waals surface area contributed by atoms with Crippen LogP contribution in [0.25, 0.3) is 0 Å². The van der Waals surface area contributed by atoms with E-state index in [0.717, 1.165) is 25.0 Å². The Morgan fingerprint density at radius 3 is 2.76 bits per heavy atom. The zero-order chi connectivity index (χ0) is 15.6. The molecule has 21 heavy (non-hydrogen) atoms. The number of nitro groups is 1. The fourth-order valence-corrected chi connectivity index (χ4v) is 2.38. The third kappa shape index (κ3) is 3.69. The van der Waals surface area contributed by atoms with Crippen molar-refractivity contribution in [2.24, 2.45) is 0 Å².